The number of hydrogen-bond acceptors (Lipinski definition) is 8. The third-order valence-corrected chi connectivity index (χ3v) is 7.83. The summed E-state index contributed by atoms with van der Waals surface area (Å²) in [5, 5.41) is 39.9. The minimum atomic E-state index is -1.17. The van der Waals surface area contributed by atoms with E-state index in [4.69, 9.17) is 0 Å². The molecule has 0 aromatic rings. The van der Waals surface area contributed by atoms with Crippen molar-refractivity contribution in [3.63, 3.8) is 0 Å². The van der Waals surface area contributed by atoms with Gasteiger partial charge in [0.1, 0.15) is 0 Å². The summed E-state index contributed by atoms with van der Waals surface area (Å²) in [4.78, 5) is 48.1. The molecule has 0 rings (SSSR count). The van der Waals surface area contributed by atoms with E-state index in [2.05, 4.69) is 13.8 Å². The van der Waals surface area contributed by atoms with Crippen molar-refractivity contribution in [1.29, 1.82) is 0 Å². The normalized spacial score (nSPS) is 11.9. The fraction of sp³-hybridized carbons (Fsp3) is 0.889. The Morgan fingerprint density at radius 2 is 0.745 bits per heavy atom. The molecule has 2 amide bonds. The second kappa shape index (κ2) is 36.3. The number of rotatable bonds is 30. The van der Waals surface area contributed by atoms with Crippen molar-refractivity contribution in [2.75, 3.05) is 26.2 Å². The molecule has 0 aromatic carbocycles. The molecule has 272 valence electrons. The van der Waals surface area contributed by atoms with Crippen molar-refractivity contribution in [2.24, 2.45) is 0 Å². The van der Waals surface area contributed by atoms with Gasteiger partial charge < -0.3 is 39.8 Å². The molecule has 2 N–H and O–H groups in total. The van der Waals surface area contributed by atoms with Gasteiger partial charge >= 0.3 is 37.7 Å². The zero-order valence-corrected chi connectivity index (χ0v) is 32.7. The number of aliphatic carboxylic acids is 2. The van der Waals surface area contributed by atoms with Gasteiger partial charge in [-0.05, 0) is 26.7 Å². The molecule has 0 fully saturated rings. The summed E-state index contributed by atoms with van der Waals surface area (Å²) in [6.07, 6.45) is 20.6. The van der Waals surface area contributed by atoms with Crippen LogP contribution in [0, 0.1) is 0 Å². The number of aliphatic hydroxyl groups is 2. The molecule has 2 atom stereocenters. The summed E-state index contributed by atoms with van der Waals surface area (Å²) in [7, 11) is 0. The van der Waals surface area contributed by atoms with Crippen LogP contribution in [0.2, 0.25) is 0 Å². The first-order valence-electron chi connectivity index (χ1n) is 18.3. The van der Waals surface area contributed by atoms with E-state index in [0.717, 1.165) is 38.5 Å². The van der Waals surface area contributed by atoms with Gasteiger partial charge in [-0.1, -0.05) is 117 Å². The Morgan fingerprint density at radius 1 is 0.489 bits per heavy atom. The van der Waals surface area contributed by atoms with Crippen molar-refractivity contribution in [2.45, 2.75) is 181 Å². The van der Waals surface area contributed by atoms with Crippen LogP contribution in [0.1, 0.15) is 169 Å². The molecule has 0 bridgehead atoms. The molecule has 0 aliphatic rings. The quantitative estimate of drug-likeness (QED) is 0.0837. The second-order valence-corrected chi connectivity index (χ2v) is 12.8. The Hall–Kier alpha value is -0.940. The first-order valence-corrected chi connectivity index (χ1v) is 18.3. The van der Waals surface area contributed by atoms with Gasteiger partial charge in [-0.2, -0.15) is 0 Å². The molecular weight excluding hydrogens is 628 g/mol. The smallest absolute Gasteiger partial charge is 0.550 e. The van der Waals surface area contributed by atoms with Gasteiger partial charge in [-0.25, -0.2) is 0 Å². The fourth-order valence-electron chi connectivity index (χ4n) is 5.22. The first-order chi connectivity index (χ1) is 21.9. The molecule has 0 heterocycles. The van der Waals surface area contributed by atoms with Crippen molar-refractivity contribution in [3.8, 4) is 0 Å². The van der Waals surface area contributed by atoms with Crippen molar-refractivity contribution in [1.82, 2.24) is 9.80 Å². The van der Waals surface area contributed by atoms with Crippen LogP contribution < -0.4 is 10.2 Å². The third kappa shape index (κ3) is 37.7. The Morgan fingerprint density at radius 3 is 0.979 bits per heavy atom. The maximum atomic E-state index is 12.1. The van der Waals surface area contributed by atoms with E-state index in [9.17, 15) is 39.6 Å². The Bertz CT molecular complexity index is 705. The average Bonchev–Trinajstić information content (AvgIpc) is 2.99. The van der Waals surface area contributed by atoms with Crippen LogP contribution in [0.4, 0.5) is 0 Å². The number of carbonyl (C=O) groups is 4. The summed E-state index contributed by atoms with van der Waals surface area (Å²) < 4.78 is 0. The van der Waals surface area contributed by atoms with Gasteiger partial charge in [0.25, 0.3) is 0 Å². The molecule has 0 saturated heterocycles. The summed E-state index contributed by atoms with van der Waals surface area (Å²) in [5.41, 5.74) is 0. The first kappa shape index (κ1) is 50.4. The van der Waals surface area contributed by atoms with E-state index in [0.29, 0.717) is 12.8 Å². The maximum Gasteiger partial charge on any atom is 2.00 e. The topological polar surface area (TPSA) is 161 Å². The molecule has 0 aliphatic heterocycles. The average molecular weight is 697 g/mol. The molecule has 11 heteroatoms. The van der Waals surface area contributed by atoms with E-state index >= 15 is 0 Å². The summed E-state index contributed by atoms with van der Waals surface area (Å²) in [5.74, 6) is -2.49. The van der Waals surface area contributed by atoms with E-state index < -0.39 is 24.1 Å². The van der Waals surface area contributed by atoms with Crippen LogP contribution in [-0.4, -0.2) is 120 Å². The number of carboxylic acids is 2. The van der Waals surface area contributed by atoms with E-state index in [1.54, 1.807) is 13.8 Å². The van der Waals surface area contributed by atoms with Crippen LogP contribution in [0.3, 0.4) is 0 Å². The Kier molecular flexibility index (Phi) is 39.0. The molecule has 0 aliphatic carbocycles. The standard InChI is InChI=1S/2C18H35NO4.Ca/c2*1-3-4-5-6-7-8-9-10-11-12-17(21)19(15-16(2)20)14-13-18(22)23;/h2*16,20H,3-15H2,1-2H3,(H,22,23);/q;;+2/p-2. The van der Waals surface area contributed by atoms with Crippen molar-refractivity contribution in [3.05, 3.63) is 0 Å². The van der Waals surface area contributed by atoms with Crippen LogP contribution >= 0.6 is 0 Å². The van der Waals surface area contributed by atoms with Crippen molar-refractivity contribution >= 4 is 61.5 Å². The molecule has 10 nitrogen and oxygen atoms in total. The molecule has 2 unspecified atom stereocenters. The second-order valence-electron chi connectivity index (χ2n) is 12.8. The largest absolute Gasteiger partial charge is 2.00 e. The number of amides is 2. The van der Waals surface area contributed by atoms with Crippen LogP contribution in [0.25, 0.3) is 0 Å². The Balaban J connectivity index is -0.000000807. The number of nitrogens with zero attached hydrogens (tertiary/aromatic N) is 2. The zero-order valence-electron chi connectivity index (χ0n) is 30.5. The van der Waals surface area contributed by atoms with Gasteiger partial charge in [-0.15, -0.1) is 0 Å². The third-order valence-electron chi connectivity index (χ3n) is 7.83. The van der Waals surface area contributed by atoms with Gasteiger partial charge in [0.05, 0.1) is 12.2 Å². The summed E-state index contributed by atoms with van der Waals surface area (Å²) in [6.45, 7) is 8.21. The van der Waals surface area contributed by atoms with E-state index in [-0.39, 0.29) is 88.6 Å². The van der Waals surface area contributed by atoms with E-state index in [1.165, 1.54) is 86.8 Å². The predicted octanol–water partition coefficient (Wildman–Crippen LogP) is 4.13. The monoisotopic (exact) mass is 696 g/mol. The number of unbranched alkanes of at least 4 members (excludes halogenated alkanes) is 16. The number of carboxylic acid groups (broad SMARTS) is 2. The maximum absolute atomic E-state index is 12.1. The van der Waals surface area contributed by atoms with Gasteiger partial charge in [0.15, 0.2) is 0 Å². The van der Waals surface area contributed by atoms with Crippen LogP contribution in [0.15, 0.2) is 0 Å². The molecule has 0 saturated carbocycles. The molecule has 47 heavy (non-hydrogen) atoms. The summed E-state index contributed by atoms with van der Waals surface area (Å²) >= 11 is 0. The van der Waals surface area contributed by atoms with Crippen molar-refractivity contribution < 1.29 is 39.6 Å². The molecule has 0 spiro atoms. The number of carbonyl (C=O) groups excluding carboxylic acids is 4. The van der Waals surface area contributed by atoms with Gasteiger partial charge in [0.2, 0.25) is 11.8 Å². The van der Waals surface area contributed by atoms with Crippen LogP contribution in [0.5, 0.6) is 0 Å². The fourth-order valence-corrected chi connectivity index (χ4v) is 5.22. The SMILES string of the molecule is CCCCCCCCCCCC(=O)N(CCC(=O)[O-])CC(C)O.CCCCCCCCCCCC(=O)N(CCC(=O)[O-])CC(C)O.[Ca+2]. The molecule has 0 radical (unpaired) electrons. The predicted molar refractivity (Wildman–Crippen MR) is 185 cm³/mol. The Labute approximate surface area is 316 Å². The van der Waals surface area contributed by atoms with E-state index in [1.807, 2.05) is 0 Å². The number of aliphatic hydroxyl groups excluding tert-OH is 2. The van der Waals surface area contributed by atoms with Gasteiger partial charge in [-0.3, -0.25) is 9.59 Å². The zero-order chi connectivity index (χ0) is 35.0. The molecular formula is C36H68CaN2O8. The van der Waals surface area contributed by atoms with Crippen LogP contribution in [-0.2, 0) is 19.2 Å². The molecule has 0 aromatic heterocycles. The van der Waals surface area contributed by atoms with Gasteiger partial charge in [0, 0.05) is 63.8 Å². The minimum absolute atomic E-state index is 0. The minimum Gasteiger partial charge on any atom is -0.550 e. The summed E-state index contributed by atoms with van der Waals surface area (Å²) in [6, 6.07) is 0. The number of hydrogen-bond donors (Lipinski definition) is 2.